The van der Waals surface area contributed by atoms with Crippen LogP contribution < -0.4 is 16.4 Å². The molecule has 1 fully saturated rings. The lowest BCUT2D eigenvalue weighted by Gasteiger charge is -2.07. The molecule has 1 heterocycles. The van der Waals surface area contributed by atoms with Crippen LogP contribution in [0.15, 0.2) is 30.3 Å². The molecule has 2 rings (SSSR count). The summed E-state index contributed by atoms with van der Waals surface area (Å²) in [6, 6.07) is 11.4. The van der Waals surface area contributed by atoms with Crippen molar-refractivity contribution in [2.75, 3.05) is 6.54 Å². The predicted octanol–water partition coefficient (Wildman–Crippen LogP) is 2.55. The highest BCUT2D eigenvalue weighted by atomic mass is 15.6. The highest BCUT2D eigenvalue weighted by Crippen LogP contribution is 2.10. The number of hydrogen-bond acceptors (Lipinski definition) is 3. The van der Waals surface area contributed by atoms with Crippen LogP contribution in [0, 0.1) is 0 Å². The lowest BCUT2D eigenvalue weighted by molar-refractivity contribution is 0.489. The van der Waals surface area contributed by atoms with E-state index in [4.69, 9.17) is 0 Å². The van der Waals surface area contributed by atoms with Crippen LogP contribution in [0.3, 0.4) is 0 Å². The van der Waals surface area contributed by atoms with Gasteiger partial charge in [-0.05, 0) is 24.8 Å². The minimum Gasteiger partial charge on any atom is -0.243 e. The molecule has 100 valence electrons. The van der Waals surface area contributed by atoms with Crippen molar-refractivity contribution in [2.45, 2.75) is 51.0 Å². The van der Waals surface area contributed by atoms with E-state index in [1.807, 2.05) is 0 Å². The van der Waals surface area contributed by atoms with Crippen LogP contribution in [0.2, 0.25) is 0 Å². The Morgan fingerprint density at radius 1 is 0.944 bits per heavy atom. The van der Waals surface area contributed by atoms with Crippen molar-refractivity contribution in [3.63, 3.8) is 0 Å². The predicted molar refractivity (Wildman–Crippen MR) is 75.9 cm³/mol. The molecular formula is C15H25N3. The third kappa shape index (κ3) is 5.17. The van der Waals surface area contributed by atoms with Gasteiger partial charge in [-0.25, -0.2) is 10.9 Å². The average Bonchev–Trinajstić information content (AvgIpc) is 2.92. The van der Waals surface area contributed by atoms with Crippen molar-refractivity contribution in [2.24, 2.45) is 0 Å². The topological polar surface area (TPSA) is 36.1 Å². The second-order valence-electron chi connectivity index (χ2n) is 5.14. The largest absolute Gasteiger partial charge is 0.243 e. The molecule has 1 saturated heterocycles. The van der Waals surface area contributed by atoms with Gasteiger partial charge in [0, 0.05) is 12.6 Å². The third-order valence-electron chi connectivity index (χ3n) is 3.57. The summed E-state index contributed by atoms with van der Waals surface area (Å²) in [6.07, 6.45) is 9.29. The summed E-state index contributed by atoms with van der Waals surface area (Å²) >= 11 is 0. The van der Waals surface area contributed by atoms with E-state index in [9.17, 15) is 0 Å². The van der Waals surface area contributed by atoms with Gasteiger partial charge in [0.2, 0.25) is 0 Å². The Morgan fingerprint density at radius 2 is 1.72 bits per heavy atom. The Labute approximate surface area is 110 Å². The van der Waals surface area contributed by atoms with Crippen molar-refractivity contribution in [3.8, 4) is 0 Å². The molecule has 0 spiro atoms. The van der Waals surface area contributed by atoms with E-state index in [0.29, 0.717) is 6.04 Å². The monoisotopic (exact) mass is 247 g/mol. The summed E-state index contributed by atoms with van der Waals surface area (Å²) in [5.74, 6) is 0. The maximum absolute atomic E-state index is 3.22. The SMILES string of the molecule is c1ccc(CCCCCCCC2CNNN2)cc1. The van der Waals surface area contributed by atoms with Gasteiger partial charge in [0.05, 0.1) is 0 Å². The van der Waals surface area contributed by atoms with Crippen molar-refractivity contribution in [1.82, 2.24) is 16.4 Å². The number of rotatable bonds is 8. The summed E-state index contributed by atoms with van der Waals surface area (Å²) < 4.78 is 0. The first kappa shape index (κ1) is 13.5. The van der Waals surface area contributed by atoms with E-state index in [-0.39, 0.29) is 0 Å². The molecule has 0 radical (unpaired) electrons. The van der Waals surface area contributed by atoms with Crippen LogP contribution in [0.4, 0.5) is 0 Å². The molecule has 18 heavy (non-hydrogen) atoms. The molecule has 3 nitrogen and oxygen atoms in total. The average molecular weight is 247 g/mol. The quantitative estimate of drug-likeness (QED) is 0.618. The van der Waals surface area contributed by atoms with Crippen molar-refractivity contribution >= 4 is 0 Å². The lowest BCUT2D eigenvalue weighted by Crippen LogP contribution is -2.33. The minimum atomic E-state index is 0.620. The van der Waals surface area contributed by atoms with Gasteiger partial charge in [-0.15, -0.1) is 0 Å². The molecule has 0 bridgehead atoms. The molecular weight excluding hydrogens is 222 g/mol. The van der Waals surface area contributed by atoms with Gasteiger partial charge in [0.1, 0.15) is 0 Å². The van der Waals surface area contributed by atoms with Crippen LogP contribution in [0.1, 0.15) is 44.1 Å². The molecule has 1 aliphatic rings. The Bertz CT molecular complexity index is 307. The normalized spacial score (nSPS) is 19.2. The highest BCUT2D eigenvalue weighted by Gasteiger charge is 2.11. The van der Waals surface area contributed by atoms with Gasteiger partial charge in [-0.3, -0.25) is 0 Å². The third-order valence-corrected chi connectivity index (χ3v) is 3.57. The molecule has 3 N–H and O–H groups in total. The van der Waals surface area contributed by atoms with Crippen LogP contribution in [-0.4, -0.2) is 12.6 Å². The summed E-state index contributed by atoms with van der Waals surface area (Å²) in [6.45, 7) is 1.05. The van der Waals surface area contributed by atoms with E-state index in [2.05, 4.69) is 46.7 Å². The molecule has 0 aromatic heterocycles. The number of hydrogen-bond donors (Lipinski definition) is 3. The van der Waals surface area contributed by atoms with Gasteiger partial charge in [-0.2, -0.15) is 5.53 Å². The molecule has 0 amide bonds. The van der Waals surface area contributed by atoms with Gasteiger partial charge in [0.25, 0.3) is 0 Å². The first-order valence-electron chi connectivity index (χ1n) is 7.22. The minimum absolute atomic E-state index is 0.620. The fourth-order valence-electron chi connectivity index (χ4n) is 2.45. The van der Waals surface area contributed by atoms with Gasteiger partial charge in [-0.1, -0.05) is 56.0 Å². The summed E-state index contributed by atoms with van der Waals surface area (Å²) in [7, 11) is 0. The second-order valence-corrected chi connectivity index (χ2v) is 5.14. The first-order chi connectivity index (χ1) is 8.95. The zero-order valence-electron chi connectivity index (χ0n) is 11.1. The Balaban J connectivity index is 1.42. The van der Waals surface area contributed by atoms with Gasteiger partial charge >= 0.3 is 0 Å². The fourth-order valence-corrected chi connectivity index (χ4v) is 2.45. The van der Waals surface area contributed by atoms with Crippen LogP contribution in [-0.2, 0) is 6.42 Å². The standard InChI is InChI=1S/C15H25N3/c1(3-8-12-15-13-16-18-17-15)2-5-9-14-10-6-4-7-11-14/h4,6-7,10-11,15-18H,1-3,5,8-9,12-13H2. The summed E-state index contributed by atoms with van der Waals surface area (Å²) in [4.78, 5) is 0. The zero-order valence-corrected chi connectivity index (χ0v) is 11.1. The first-order valence-corrected chi connectivity index (χ1v) is 7.22. The number of nitrogens with one attached hydrogen (secondary N) is 3. The van der Waals surface area contributed by atoms with Crippen molar-refractivity contribution in [1.29, 1.82) is 0 Å². The number of benzene rings is 1. The molecule has 0 aliphatic carbocycles. The van der Waals surface area contributed by atoms with E-state index >= 15 is 0 Å². The smallest absolute Gasteiger partial charge is 0.0365 e. The van der Waals surface area contributed by atoms with Crippen LogP contribution in [0.5, 0.6) is 0 Å². The molecule has 1 unspecified atom stereocenters. The summed E-state index contributed by atoms with van der Waals surface area (Å²) in [5, 5.41) is 0. The van der Waals surface area contributed by atoms with E-state index < -0.39 is 0 Å². The van der Waals surface area contributed by atoms with E-state index in [0.717, 1.165) is 6.54 Å². The van der Waals surface area contributed by atoms with Crippen LogP contribution >= 0.6 is 0 Å². The van der Waals surface area contributed by atoms with Gasteiger partial charge < -0.3 is 0 Å². The van der Waals surface area contributed by atoms with Crippen molar-refractivity contribution < 1.29 is 0 Å². The van der Waals surface area contributed by atoms with E-state index in [1.165, 1.54) is 50.5 Å². The Kier molecular flexibility index (Phi) is 6.20. The number of aryl methyl sites for hydroxylation is 1. The molecule has 1 aromatic rings. The molecule has 3 heteroatoms. The Hall–Kier alpha value is -0.900. The Morgan fingerprint density at radius 3 is 2.50 bits per heavy atom. The molecule has 1 atom stereocenters. The fraction of sp³-hybridized carbons (Fsp3) is 0.600. The number of unbranched alkanes of at least 4 members (excludes halogenated alkanes) is 4. The highest BCUT2D eigenvalue weighted by molar-refractivity contribution is 5.14. The maximum Gasteiger partial charge on any atom is 0.0365 e. The number of hydrazine groups is 2. The second kappa shape index (κ2) is 8.25. The molecule has 0 saturated carbocycles. The summed E-state index contributed by atoms with van der Waals surface area (Å²) in [5.41, 5.74) is 10.7. The molecule has 1 aliphatic heterocycles. The lowest BCUT2D eigenvalue weighted by atomic mass is 10.0. The van der Waals surface area contributed by atoms with Gasteiger partial charge in [0.15, 0.2) is 0 Å². The van der Waals surface area contributed by atoms with Crippen LogP contribution in [0.25, 0.3) is 0 Å². The maximum atomic E-state index is 3.22. The van der Waals surface area contributed by atoms with E-state index in [1.54, 1.807) is 0 Å². The molecule has 1 aromatic carbocycles. The van der Waals surface area contributed by atoms with Crippen molar-refractivity contribution in [3.05, 3.63) is 35.9 Å². The zero-order chi connectivity index (χ0) is 12.5.